The quantitative estimate of drug-likeness (QED) is 0.0512. The molecule has 402 valence electrons. The lowest BCUT2D eigenvalue weighted by molar-refractivity contribution is -0.358. The minimum absolute atomic E-state index is 0.00160. The largest absolute Gasteiger partial charge is 0.466 e. The maximum Gasteiger partial charge on any atom is 0.330 e. The first-order valence-electron chi connectivity index (χ1n) is 25.5. The smallest absolute Gasteiger partial charge is 0.330 e. The van der Waals surface area contributed by atoms with Crippen LogP contribution in [-0.4, -0.2) is 143 Å². The molecule has 3 fully saturated rings. The number of carbonyl (C=O) groups excluding carboxylic acids is 5. The average molecular weight is 1020 g/mol. The Labute approximate surface area is 422 Å². The van der Waals surface area contributed by atoms with Crippen molar-refractivity contribution in [1.29, 1.82) is 0 Å². The number of fused-ring (bicyclic) bond motifs is 5. The molecule has 0 radical (unpaired) electrons. The molecular weight excluding hydrogens is 937 g/mol. The van der Waals surface area contributed by atoms with E-state index in [0.29, 0.717) is 25.7 Å². The van der Waals surface area contributed by atoms with Crippen LogP contribution in [0.15, 0.2) is 47.6 Å². The van der Waals surface area contributed by atoms with Crippen molar-refractivity contribution in [2.45, 2.75) is 225 Å². The third-order valence-corrected chi connectivity index (χ3v) is 19.6. The van der Waals surface area contributed by atoms with Gasteiger partial charge in [0.2, 0.25) is 0 Å². The molecule has 3 unspecified atom stereocenters. The minimum atomic E-state index is -2.40. The maximum atomic E-state index is 14.2. The summed E-state index contributed by atoms with van der Waals surface area (Å²) < 4.78 is 61.4. The first-order chi connectivity index (χ1) is 33.4. The van der Waals surface area contributed by atoms with Crippen LogP contribution in [0.5, 0.6) is 0 Å². The summed E-state index contributed by atoms with van der Waals surface area (Å²) >= 11 is 0. The summed E-state index contributed by atoms with van der Waals surface area (Å²) in [5.41, 5.74) is -0.987. The molecule has 4 rings (SSSR count). The molecule has 0 saturated carbocycles. The van der Waals surface area contributed by atoms with Crippen LogP contribution >= 0.6 is 0 Å². The van der Waals surface area contributed by atoms with Crippen LogP contribution in [0.4, 0.5) is 0 Å². The lowest BCUT2D eigenvalue weighted by Crippen LogP contribution is -2.63. The monoisotopic (exact) mass is 1020 g/mol. The number of hydrogen-bond acceptors (Lipinski definition) is 17. The van der Waals surface area contributed by atoms with Gasteiger partial charge in [-0.05, 0) is 69.2 Å². The Morgan fingerprint density at radius 3 is 2.10 bits per heavy atom. The summed E-state index contributed by atoms with van der Waals surface area (Å²) in [6.45, 7) is 17.8. The van der Waals surface area contributed by atoms with Crippen molar-refractivity contribution < 1.29 is 81.2 Å². The van der Waals surface area contributed by atoms with Gasteiger partial charge in [0.1, 0.15) is 24.4 Å². The molecule has 18 heteroatoms. The first kappa shape index (κ1) is 59.8. The minimum Gasteiger partial charge on any atom is -0.466 e. The Bertz CT molecular complexity index is 1930. The predicted octanol–water partition coefficient (Wildman–Crippen LogP) is 7.45. The van der Waals surface area contributed by atoms with Gasteiger partial charge in [-0.2, -0.15) is 0 Å². The number of epoxide rings is 1. The molecule has 4 aliphatic heterocycles. The van der Waals surface area contributed by atoms with E-state index in [-0.39, 0.29) is 37.7 Å². The molecule has 3 saturated heterocycles. The summed E-state index contributed by atoms with van der Waals surface area (Å²) in [6, 6.07) is 2.37. The molecule has 4 aliphatic rings. The normalized spacial score (nSPS) is 34.5. The van der Waals surface area contributed by atoms with Crippen molar-refractivity contribution in [2.24, 2.45) is 10.8 Å². The molecule has 12 atom stereocenters. The number of aliphatic hydroxyl groups is 2. The van der Waals surface area contributed by atoms with Crippen LogP contribution in [0.1, 0.15) is 133 Å². The van der Waals surface area contributed by atoms with Crippen LogP contribution in [0, 0.1) is 10.8 Å². The van der Waals surface area contributed by atoms with Gasteiger partial charge < -0.3 is 57.3 Å². The lowest BCUT2D eigenvalue weighted by Gasteiger charge is -2.55. The molecular formula is C53H84O17Si. The van der Waals surface area contributed by atoms with E-state index >= 15 is 0 Å². The van der Waals surface area contributed by atoms with E-state index in [4.69, 9.17) is 47.1 Å². The van der Waals surface area contributed by atoms with Crippen LogP contribution in [0.2, 0.25) is 18.1 Å². The molecule has 71 heavy (non-hydrogen) atoms. The van der Waals surface area contributed by atoms with Gasteiger partial charge in [0.15, 0.2) is 20.2 Å². The number of ether oxygens (including phenoxy) is 9. The van der Waals surface area contributed by atoms with Crippen LogP contribution in [-0.2, 0) is 71.0 Å². The lowest BCUT2D eigenvalue weighted by atomic mass is 9.70. The summed E-state index contributed by atoms with van der Waals surface area (Å²) in [6.07, 6.45) is 4.38. The molecule has 17 nitrogen and oxygen atoms in total. The number of aliphatic hydroxyl groups excluding tert-OH is 2. The van der Waals surface area contributed by atoms with Crippen molar-refractivity contribution in [3.8, 4) is 0 Å². The van der Waals surface area contributed by atoms with Gasteiger partial charge in [-0.25, -0.2) is 9.59 Å². The number of carbonyl (C=O) groups is 5. The summed E-state index contributed by atoms with van der Waals surface area (Å²) in [5.74, 6) is -4.42. The zero-order valence-electron chi connectivity index (χ0n) is 44.5. The SMILES string of the molecule is CC[Si](CC)(CC)OC1CC(=O)O[C@@H]([C@@H](C)O)C[C@@H]2O[C@@H]2/C(=C\C(=O)OC)C(OC(C)=O)C(O)C(C)(C)/C=C/CCC/C=C/[C@H]2O[C@H](CC/C2=C/C(=O)OC)C[C@@]2(OC)O[C@@H](C1)C[C@H](OC(C)=O)C2(C)C. The van der Waals surface area contributed by atoms with E-state index in [0.717, 1.165) is 36.2 Å². The van der Waals surface area contributed by atoms with Gasteiger partial charge in [0.05, 0.1) is 62.7 Å². The van der Waals surface area contributed by atoms with Crippen LogP contribution in [0.3, 0.4) is 0 Å². The molecule has 0 aromatic rings. The number of cyclic esters (lactones) is 1. The Kier molecular flexibility index (Phi) is 22.3. The third kappa shape index (κ3) is 16.1. The fourth-order valence-electron chi connectivity index (χ4n) is 10.2. The molecule has 0 aliphatic carbocycles. The highest BCUT2D eigenvalue weighted by Crippen LogP contribution is 2.51. The number of esters is 5. The standard InChI is InChI=1S/C53H84O17Si/c1-14-71(15-2,16-3)70-39-27-38-28-44(64-34(5)55)52(9,10)53(63-13,69-38)32-37-24-23-36(26-45(57)61-11)41(66-37)22-20-18-17-19-21-25-51(7,8)50(60)49(65-35(6)56)40(30-46(58)62-12)48-43(68-48)31-42(33(4)54)67-47(59)29-39/h20-22,25-26,30,33,37-39,41-44,48-50,54,60H,14-19,23-24,27-29,31-32H2,1-13H3/b22-20+,25-21+,36-26-,40-30+/t33-,37-,38+,39?,41-,42-,43+,44+,48-,49?,50?,53-/m1/s1. The van der Waals surface area contributed by atoms with E-state index in [9.17, 15) is 34.2 Å². The molecule has 0 aromatic carbocycles. The fourth-order valence-corrected chi connectivity index (χ4v) is 13.1. The highest BCUT2D eigenvalue weighted by molar-refractivity contribution is 6.73. The predicted molar refractivity (Wildman–Crippen MR) is 265 cm³/mol. The second kappa shape index (κ2) is 26.5. The highest BCUT2D eigenvalue weighted by Gasteiger charge is 2.59. The van der Waals surface area contributed by atoms with Gasteiger partial charge in [-0.3, -0.25) is 14.4 Å². The van der Waals surface area contributed by atoms with Gasteiger partial charge in [0.25, 0.3) is 0 Å². The van der Waals surface area contributed by atoms with E-state index < -0.39 is 122 Å². The van der Waals surface area contributed by atoms with Crippen molar-refractivity contribution in [2.75, 3.05) is 21.3 Å². The zero-order chi connectivity index (χ0) is 52.9. The summed E-state index contributed by atoms with van der Waals surface area (Å²) in [7, 11) is 1.69. The third-order valence-electron chi connectivity index (χ3n) is 14.9. The first-order valence-corrected chi connectivity index (χ1v) is 28.0. The number of hydrogen-bond donors (Lipinski definition) is 2. The molecule has 0 amide bonds. The Morgan fingerprint density at radius 1 is 0.873 bits per heavy atom. The van der Waals surface area contributed by atoms with E-state index in [1.165, 1.54) is 41.1 Å². The molecule has 2 N–H and O–H groups in total. The molecule has 4 heterocycles. The second-order valence-electron chi connectivity index (χ2n) is 20.7. The van der Waals surface area contributed by atoms with Crippen molar-refractivity contribution in [1.82, 2.24) is 0 Å². The van der Waals surface area contributed by atoms with E-state index in [1.54, 1.807) is 21.0 Å². The molecule has 4 bridgehead atoms. The number of rotatable bonds is 11. The van der Waals surface area contributed by atoms with Crippen molar-refractivity contribution in [3.05, 3.63) is 47.6 Å². The van der Waals surface area contributed by atoms with Crippen molar-refractivity contribution >= 4 is 38.2 Å². The maximum absolute atomic E-state index is 14.2. The van der Waals surface area contributed by atoms with Gasteiger partial charge >= 0.3 is 29.8 Å². The zero-order valence-corrected chi connectivity index (χ0v) is 45.5. The average Bonchev–Trinajstić information content (AvgIpc) is 4.08. The van der Waals surface area contributed by atoms with Crippen LogP contribution < -0.4 is 0 Å². The summed E-state index contributed by atoms with van der Waals surface area (Å²) in [4.78, 5) is 65.0. The van der Waals surface area contributed by atoms with Crippen molar-refractivity contribution in [3.63, 3.8) is 0 Å². The van der Waals surface area contributed by atoms with Gasteiger partial charge in [-0.15, -0.1) is 0 Å². The Balaban J connectivity index is 1.83. The number of methoxy groups -OCH3 is 3. The second-order valence-corrected chi connectivity index (χ2v) is 25.4. The van der Waals surface area contributed by atoms with Gasteiger partial charge in [-0.1, -0.05) is 72.8 Å². The fraction of sp³-hybridized carbons (Fsp3) is 0.755. The highest BCUT2D eigenvalue weighted by atomic mass is 28.4. The molecule has 0 aromatic heterocycles. The van der Waals surface area contributed by atoms with E-state index in [2.05, 4.69) is 20.8 Å². The topological polar surface area (TPSA) is 221 Å². The van der Waals surface area contributed by atoms with Crippen LogP contribution in [0.25, 0.3) is 0 Å². The molecule has 0 spiro atoms. The Hall–Kier alpha value is -3.75. The number of allylic oxidation sites excluding steroid dienone is 2. The summed E-state index contributed by atoms with van der Waals surface area (Å²) in [5, 5.41) is 23.0. The van der Waals surface area contributed by atoms with Gasteiger partial charge in [0, 0.05) is 63.4 Å². The van der Waals surface area contributed by atoms with E-state index in [1.807, 2.05) is 38.2 Å². The Morgan fingerprint density at radius 2 is 1.51 bits per heavy atom.